The van der Waals surface area contributed by atoms with Gasteiger partial charge in [-0.25, -0.2) is 13.8 Å². The zero-order valence-electron chi connectivity index (χ0n) is 7.09. The number of aliphatic hydroxyl groups is 1. The monoisotopic (exact) mass is 188 g/mol. The summed E-state index contributed by atoms with van der Waals surface area (Å²) in [7, 11) is 0. The van der Waals surface area contributed by atoms with E-state index < -0.39 is 6.43 Å². The summed E-state index contributed by atoms with van der Waals surface area (Å²) < 4.78 is 24.4. The number of nitrogens with two attached hydrogens (primary N) is 1. The Kier molecular flexibility index (Phi) is 2.77. The lowest BCUT2D eigenvalue weighted by atomic mass is 10.1. The summed E-state index contributed by atoms with van der Waals surface area (Å²) in [4.78, 5) is 3.47. The van der Waals surface area contributed by atoms with Gasteiger partial charge in [0.15, 0.2) is 0 Å². The summed E-state index contributed by atoms with van der Waals surface area (Å²) in [6, 6.07) is 1.23. The number of anilines is 1. The number of pyridine rings is 1. The lowest BCUT2D eigenvalue weighted by Gasteiger charge is -2.08. The highest BCUT2D eigenvalue weighted by molar-refractivity contribution is 5.45. The molecule has 0 aliphatic rings. The standard InChI is InChI=1S/C8H10F2N2O/c1-4-2-6(7(9)10)12-8(11)5(4)3-13/h2,7,13H,3H2,1H3,(H2,11,12). The van der Waals surface area contributed by atoms with Crippen molar-refractivity contribution in [1.82, 2.24) is 4.98 Å². The fraction of sp³-hybridized carbons (Fsp3) is 0.375. The molecule has 0 spiro atoms. The van der Waals surface area contributed by atoms with Gasteiger partial charge in [0.1, 0.15) is 11.5 Å². The Morgan fingerprint density at radius 3 is 2.62 bits per heavy atom. The fourth-order valence-electron chi connectivity index (χ4n) is 1.07. The van der Waals surface area contributed by atoms with Gasteiger partial charge < -0.3 is 10.8 Å². The van der Waals surface area contributed by atoms with Crippen LogP contribution >= 0.6 is 0 Å². The first-order chi connectivity index (χ1) is 6.06. The highest BCUT2D eigenvalue weighted by Crippen LogP contribution is 2.22. The van der Waals surface area contributed by atoms with Crippen molar-refractivity contribution in [2.75, 3.05) is 5.73 Å². The number of halogens is 2. The summed E-state index contributed by atoms with van der Waals surface area (Å²) in [6.45, 7) is 1.32. The van der Waals surface area contributed by atoms with Crippen LogP contribution in [0.5, 0.6) is 0 Å². The predicted octanol–water partition coefficient (Wildman–Crippen LogP) is 1.40. The summed E-state index contributed by atoms with van der Waals surface area (Å²) in [5, 5.41) is 8.82. The molecular formula is C8H10F2N2O. The lowest BCUT2D eigenvalue weighted by molar-refractivity contribution is 0.146. The molecule has 3 nitrogen and oxygen atoms in total. The van der Waals surface area contributed by atoms with E-state index in [9.17, 15) is 8.78 Å². The van der Waals surface area contributed by atoms with Crippen LogP contribution < -0.4 is 5.73 Å². The van der Waals surface area contributed by atoms with E-state index in [0.29, 0.717) is 11.1 Å². The number of nitrogen functional groups attached to an aromatic ring is 1. The minimum atomic E-state index is -2.63. The van der Waals surface area contributed by atoms with Crippen molar-refractivity contribution in [3.63, 3.8) is 0 Å². The van der Waals surface area contributed by atoms with Crippen molar-refractivity contribution in [3.05, 3.63) is 22.9 Å². The van der Waals surface area contributed by atoms with Gasteiger partial charge in [0.25, 0.3) is 6.43 Å². The van der Waals surface area contributed by atoms with Gasteiger partial charge in [0.05, 0.1) is 6.61 Å². The van der Waals surface area contributed by atoms with Crippen molar-refractivity contribution in [2.45, 2.75) is 20.0 Å². The molecule has 1 aromatic rings. The molecule has 1 heterocycles. The van der Waals surface area contributed by atoms with Crippen LogP contribution in [0.1, 0.15) is 23.2 Å². The van der Waals surface area contributed by atoms with Gasteiger partial charge in [-0.3, -0.25) is 0 Å². The molecule has 1 rings (SSSR count). The molecule has 0 unspecified atom stereocenters. The van der Waals surface area contributed by atoms with Gasteiger partial charge in [-0.2, -0.15) is 0 Å². The Balaban J connectivity index is 3.20. The number of aliphatic hydroxyl groups excluding tert-OH is 1. The maximum absolute atomic E-state index is 12.2. The molecule has 0 saturated carbocycles. The van der Waals surface area contributed by atoms with Gasteiger partial charge in [0.2, 0.25) is 0 Å². The zero-order chi connectivity index (χ0) is 10.0. The molecule has 0 radical (unpaired) electrons. The SMILES string of the molecule is Cc1cc(C(F)F)nc(N)c1CO. The number of alkyl halides is 2. The number of hydrogen-bond acceptors (Lipinski definition) is 3. The summed E-state index contributed by atoms with van der Waals surface area (Å²) in [6.07, 6.45) is -2.63. The smallest absolute Gasteiger partial charge is 0.280 e. The molecule has 0 aliphatic heterocycles. The fourth-order valence-corrected chi connectivity index (χ4v) is 1.07. The molecule has 5 heteroatoms. The second-order valence-corrected chi connectivity index (χ2v) is 2.69. The molecule has 0 atom stereocenters. The summed E-state index contributed by atoms with van der Waals surface area (Å²) in [5.41, 5.74) is 5.95. The Morgan fingerprint density at radius 1 is 1.62 bits per heavy atom. The molecule has 0 aromatic carbocycles. The molecule has 3 N–H and O–H groups in total. The van der Waals surface area contributed by atoms with E-state index in [-0.39, 0.29) is 18.1 Å². The summed E-state index contributed by atoms with van der Waals surface area (Å²) in [5.74, 6) is -0.0298. The molecule has 0 saturated heterocycles. The topological polar surface area (TPSA) is 59.1 Å². The summed E-state index contributed by atoms with van der Waals surface area (Å²) >= 11 is 0. The van der Waals surface area contributed by atoms with Gasteiger partial charge >= 0.3 is 0 Å². The maximum Gasteiger partial charge on any atom is 0.280 e. The third-order valence-electron chi connectivity index (χ3n) is 1.78. The van der Waals surface area contributed by atoms with Crippen LogP contribution in [-0.2, 0) is 6.61 Å². The van der Waals surface area contributed by atoms with E-state index in [1.165, 1.54) is 6.07 Å². The maximum atomic E-state index is 12.2. The highest BCUT2D eigenvalue weighted by Gasteiger charge is 2.13. The first-order valence-corrected chi connectivity index (χ1v) is 3.71. The van der Waals surface area contributed by atoms with Gasteiger partial charge in [-0.05, 0) is 18.6 Å². The largest absolute Gasteiger partial charge is 0.392 e. The number of aromatic nitrogens is 1. The normalized spacial score (nSPS) is 10.8. The molecule has 13 heavy (non-hydrogen) atoms. The lowest BCUT2D eigenvalue weighted by Crippen LogP contribution is -2.04. The zero-order valence-corrected chi connectivity index (χ0v) is 7.09. The minimum Gasteiger partial charge on any atom is -0.392 e. The number of rotatable bonds is 2. The number of nitrogens with zero attached hydrogens (tertiary/aromatic N) is 1. The van der Waals surface area contributed by atoms with Gasteiger partial charge in [-0.15, -0.1) is 0 Å². The molecular weight excluding hydrogens is 178 g/mol. The molecule has 0 aliphatic carbocycles. The Bertz CT molecular complexity index is 292. The molecule has 1 aromatic heterocycles. The number of aryl methyl sites for hydroxylation is 1. The highest BCUT2D eigenvalue weighted by atomic mass is 19.3. The second-order valence-electron chi connectivity index (χ2n) is 2.69. The van der Waals surface area contributed by atoms with E-state index in [1.807, 2.05) is 0 Å². The Labute approximate surface area is 74.2 Å². The van der Waals surface area contributed by atoms with Crippen LogP contribution in [0.4, 0.5) is 14.6 Å². The van der Waals surface area contributed by atoms with Crippen molar-refractivity contribution < 1.29 is 13.9 Å². The predicted molar refractivity (Wildman–Crippen MR) is 44.3 cm³/mol. The average molecular weight is 188 g/mol. The van der Waals surface area contributed by atoms with Crippen LogP contribution in [0.25, 0.3) is 0 Å². The van der Waals surface area contributed by atoms with Crippen molar-refractivity contribution >= 4 is 5.82 Å². The van der Waals surface area contributed by atoms with Gasteiger partial charge in [0, 0.05) is 5.56 Å². The third kappa shape index (κ3) is 1.92. The Morgan fingerprint density at radius 2 is 2.23 bits per heavy atom. The van der Waals surface area contributed by atoms with Crippen molar-refractivity contribution in [2.24, 2.45) is 0 Å². The first kappa shape index (κ1) is 9.85. The third-order valence-corrected chi connectivity index (χ3v) is 1.78. The number of hydrogen-bond donors (Lipinski definition) is 2. The van der Waals surface area contributed by atoms with E-state index in [0.717, 1.165) is 0 Å². The van der Waals surface area contributed by atoms with E-state index >= 15 is 0 Å². The van der Waals surface area contributed by atoms with Gasteiger partial charge in [-0.1, -0.05) is 0 Å². The van der Waals surface area contributed by atoms with Crippen LogP contribution in [-0.4, -0.2) is 10.1 Å². The van der Waals surface area contributed by atoms with Crippen LogP contribution in [0, 0.1) is 6.92 Å². The van der Waals surface area contributed by atoms with Crippen LogP contribution in [0.3, 0.4) is 0 Å². The molecule has 0 bridgehead atoms. The van der Waals surface area contributed by atoms with E-state index in [1.54, 1.807) is 6.92 Å². The van der Waals surface area contributed by atoms with E-state index in [4.69, 9.17) is 10.8 Å². The molecule has 72 valence electrons. The van der Waals surface area contributed by atoms with E-state index in [2.05, 4.69) is 4.98 Å². The van der Waals surface area contributed by atoms with Crippen LogP contribution in [0.15, 0.2) is 6.07 Å². The first-order valence-electron chi connectivity index (χ1n) is 3.71. The molecule has 0 fully saturated rings. The quantitative estimate of drug-likeness (QED) is 0.737. The van der Waals surface area contributed by atoms with Crippen molar-refractivity contribution in [1.29, 1.82) is 0 Å². The molecule has 0 amide bonds. The average Bonchev–Trinajstić information content (AvgIpc) is 2.03. The Hall–Kier alpha value is -1.23. The van der Waals surface area contributed by atoms with Crippen LogP contribution in [0.2, 0.25) is 0 Å². The van der Waals surface area contributed by atoms with Crippen molar-refractivity contribution in [3.8, 4) is 0 Å². The minimum absolute atomic E-state index is 0.0298. The second kappa shape index (κ2) is 3.66.